The summed E-state index contributed by atoms with van der Waals surface area (Å²) < 4.78 is 0. The summed E-state index contributed by atoms with van der Waals surface area (Å²) in [6.45, 7) is 3.04. The second kappa shape index (κ2) is 6.12. The minimum atomic E-state index is 0.306. The van der Waals surface area contributed by atoms with Gasteiger partial charge in [0, 0.05) is 13.2 Å². The van der Waals surface area contributed by atoms with Crippen molar-refractivity contribution in [3.8, 4) is 0 Å². The van der Waals surface area contributed by atoms with Gasteiger partial charge in [-0.1, -0.05) is 0 Å². The number of thiocarbonyl (C=S) groups is 1. The van der Waals surface area contributed by atoms with Crippen molar-refractivity contribution in [1.29, 1.82) is 0 Å². The molecule has 0 aliphatic carbocycles. The second-order valence-electron chi connectivity index (χ2n) is 3.18. The fourth-order valence-electron chi connectivity index (χ4n) is 1.27. The van der Waals surface area contributed by atoms with E-state index in [1.807, 2.05) is 0 Å². The highest BCUT2D eigenvalue weighted by atomic mass is 32.1. The predicted molar refractivity (Wildman–Crippen MR) is 56.2 cm³/mol. The summed E-state index contributed by atoms with van der Waals surface area (Å²) in [6.07, 6.45) is 3.14. The Morgan fingerprint density at radius 1 is 1.23 bits per heavy atom. The summed E-state index contributed by atoms with van der Waals surface area (Å²) in [5.41, 5.74) is 0. The number of hydrogen-bond donors (Lipinski definition) is 3. The lowest BCUT2D eigenvalue weighted by Crippen LogP contribution is -2.53. The number of unbranched alkanes of at least 4 members (excludes halogenated alkanes) is 2. The molecule has 0 spiro atoms. The fourth-order valence-corrected chi connectivity index (χ4v) is 1.40. The van der Waals surface area contributed by atoms with E-state index in [0.717, 1.165) is 44.3 Å². The molecule has 1 rings (SSSR count). The average Bonchev–Trinajstić information content (AvgIpc) is 2.15. The molecule has 13 heavy (non-hydrogen) atoms. The first-order valence-electron chi connectivity index (χ1n) is 4.68. The molecule has 1 heterocycles. The predicted octanol–water partition coefficient (Wildman–Crippen LogP) is -0.156. The molecular weight excluding hydrogens is 186 g/mol. The number of hydrogen-bond acceptors (Lipinski definition) is 3. The van der Waals surface area contributed by atoms with Crippen LogP contribution in [0.15, 0.2) is 0 Å². The van der Waals surface area contributed by atoms with Gasteiger partial charge in [-0.3, -0.25) is 4.90 Å². The molecule has 0 atom stereocenters. The Balaban J connectivity index is 1.99. The van der Waals surface area contributed by atoms with Gasteiger partial charge in [0.15, 0.2) is 5.11 Å². The molecule has 1 fully saturated rings. The van der Waals surface area contributed by atoms with Crippen LogP contribution in [0.1, 0.15) is 19.3 Å². The van der Waals surface area contributed by atoms with Crippen molar-refractivity contribution in [1.82, 2.24) is 15.5 Å². The minimum Gasteiger partial charge on any atom is -0.396 e. The van der Waals surface area contributed by atoms with Crippen LogP contribution in [0.3, 0.4) is 0 Å². The molecule has 0 radical (unpaired) electrons. The normalized spacial score (nSPS) is 18.1. The van der Waals surface area contributed by atoms with Crippen LogP contribution in [0, 0.1) is 0 Å². The molecule has 0 saturated carbocycles. The summed E-state index contributed by atoms with van der Waals surface area (Å²) >= 11 is 4.93. The Hall–Kier alpha value is -0.390. The minimum absolute atomic E-state index is 0.306. The molecule has 3 N–H and O–H groups in total. The van der Waals surface area contributed by atoms with Gasteiger partial charge in [-0.25, -0.2) is 0 Å². The lowest BCUT2D eigenvalue weighted by atomic mass is 10.2. The van der Waals surface area contributed by atoms with E-state index in [-0.39, 0.29) is 0 Å². The van der Waals surface area contributed by atoms with Gasteiger partial charge >= 0.3 is 0 Å². The Bertz CT molecular complexity index is 155. The van der Waals surface area contributed by atoms with E-state index in [9.17, 15) is 0 Å². The largest absolute Gasteiger partial charge is 0.396 e. The first-order valence-corrected chi connectivity index (χ1v) is 5.08. The monoisotopic (exact) mass is 203 g/mol. The van der Waals surface area contributed by atoms with Crippen LogP contribution in [0.4, 0.5) is 0 Å². The van der Waals surface area contributed by atoms with Crippen LogP contribution in [-0.4, -0.2) is 41.6 Å². The fraction of sp³-hybridized carbons (Fsp3) is 0.875. The third-order valence-corrected chi connectivity index (χ3v) is 2.35. The molecule has 0 aromatic carbocycles. The molecule has 1 aliphatic heterocycles. The number of rotatable bonds is 5. The zero-order valence-electron chi connectivity index (χ0n) is 7.75. The van der Waals surface area contributed by atoms with Crippen molar-refractivity contribution in [2.45, 2.75) is 19.3 Å². The highest BCUT2D eigenvalue weighted by Gasteiger charge is 2.10. The molecule has 0 unspecified atom stereocenters. The van der Waals surface area contributed by atoms with Crippen molar-refractivity contribution >= 4 is 17.3 Å². The van der Waals surface area contributed by atoms with Gasteiger partial charge in [0.2, 0.25) is 0 Å². The summed E-state index contributed by atoms with van der Waals surface area (Å²) in [7, 11) is 0. The molecule has 4 nitrogen and oxygen atoms in total. The van der Waals surface area contributed by atoms with E-state index in [4.69, 9.17) is 17.3 Å². The second-order valence-corrected chi connectivity index (χ2v) is 3.59. The number of nitrogens with zero attached hydrogens (tertiary/aromatic N) is 1. The van der Waals surface area contributed by atoms with Crippen molar-refractivity contribution in [3.05, 3.63) is 0 Å². The third-order valence-electron chi connectivity index (χ3n) is 2.06. The van der Waals surface area contributed by atoms with Gasteiger partial charge in [-0.15, -0.1) is 0 Å². The summed E-state index contributed by atoms with van der Waals surface area (Å²) in [4.78, 5) is 2.26. The Labute approximate surface area is 84.3 Å². The van der Waals surface area contributed by atoms with Gasteiger partial charge in [-0.2, -0.15) is 0 Å². The van der Waals surface area contributed by atoms with Crippen LogP contribution in [0.2, 0.25) is 0 Å². The smallest absolute Gasteiger partial charge is 0.168 e. The lowest BCUT2D eigenvalue weighted by Gasteiger charge is -2.29. The van der Waals surface area contributed by atoms with E-state index < -0.39 is 0 Å². The van der Waals surface area contributed by atoms with Crippen molar-refractivity contribution < 1.29 is 5.11 Å². The maximum absolute atomic E-state index is 8.58. The Morgan fingerprint density at radius 3 is 2.54 bits per heavy atom. The van der Waals surface area contributed by atoms with Crippen LogP contribution in [0.25, 0.3) is 0 Å². The molecular formula is C8H17N3OS. The van der Waals surface area contributed by atoms with Gasteiger partial charge in [0.05, 0.1) is 13.3 Å². The molecule has 0 bridgehead atoms. The third kappa shape index (κ3) is 4.40. The maximum Gasteiger partial charge on any atom is 0.168 e. The Kier molecular flexibility index (Phi) is 5.03. The molecule has 1 aliphatic rings. The Morgan fingerprint density at radius 2 is 1.92 bits per heavy atom. The molecule has 0 aromatic rings. The highest BCUT2D eigenvalue weighted by molar-refractivity contribution is 7.80. The van der Waals surface area contributed by atoms with Crippen LogP contribution in [0.5, 0.6) is 0 Å². The topological polar surface area (TPSA) is 47.5 Å². The van der Waals surface area contributed by atoms with Gasteiger partial charge in [0.1, 0.15) is 0 Å². The van der Waals surface area contributed by atoms with E-state index in [0.29, 0.717) is 6.61 Å². The first-order chi connectivity index (χ1) is 6.33. The molecule has 0 amide bonds. The number of nitrogens with one attached hydrogen (secondary N) is 2. The lowest BCUT2D eigenvalue weighted by molar-refractivity contribution is 0.232. The summed E-state index contributed by atoms with van der Waals surface area (Å²) in [5, 5.41) is 15.5. The van der Waals surface area contributed by atoms with Crippen molar-refractivity contribution in [2.24, 2.45) is 0 Å². The number of aliphatic hydroxyl groups excluding tert-OH is 1. The average molecular weight is 203 g/mol. The quantitative estimate of drug-likeness (QED) is 0.428. The first kappa shape index (κ1) is 10.7. The van der Waals surface area contributed by atoms with E-state index in [2.05, 4.69) is 15.5 Å². The molecule has 76 valence electrons. The standard InChI is InChI=1S/C8H17N3OS/c12-5-3-1-2-4-11-6-9-8(13)10-7-11/h12H,1-7H2,(H2,9,10,13). The van der Waals surface area contributed by atoms with Crippen LogP contribution >= 0.6 is 12.2 Å². The van der Waals surface area contributed by atoms with E-state index in [1.54, 1.807) is 0 Å². The summed E-state index contributed by atoms with van der Waals surface area (Å²) in [5.74, 6) is 0. The van der Waals surface area contributed by atoms with E-state index >= 15 is 0 Å². The zero-order chi connectivity index (χ0) is 9.52. The molecule has 1 saturated heterocycles. The zero-order valence-corrected chi connectivity index (χ0v) is 8.57. The molecule has 0 aromatic heterocycles. The molecule has 5 heteroatoms. The van der Waals surface area contributed by atoms with Crippen molar-refractivity contribution in [3.63, 3.8) is 0 Å². The van der Waals surface area contributed by atoms with Crippen molar-refractivity contribution in [2.75, 3.05) is 26.5 Å². The van der Waals surface area contributed by atoms with Crippen LogP contribution in [-0.2, 0) is 0 Å². The SMILES string of the molecule is OCCCCCN1CNC(=S)NC1. The highest BCUT2D eigenvalue weighted by Crippen LogP contribution is 1.98. The van der Waals surface area contributed by atoms with E-state index in [1.165, 1.54) is 0 Å². The van der Waals surface area contributed by atoms with Gasteiger partial charge < -0.3 is 15.7 Å². The number of aliphatic hydroxyl groups is 1. The van der Waals surface area contributed by atoms with Gasteiger partial charge in [0.25, 0.3) is 0 Å². The van der Waals surface area contributed by atoms with Crippen LogP contribution < -0.4 is 10.6 Å². The maximum atomic E-state index is 8.58. The van der Waals surface area contributed by atoms with Gasteiger partial charge in [-0.05, 0) is 31.5 Å². The summed E-state index contributed by atoms with van der Waals surface area (Å²) in [6, 6.07) is 0.